The highest BCUT2D eigenvalue weighted by Gasteiger charge is 2.67. The predicted molar refractivity (Wildman–Crippen MR) is 158 cm³/mol. The van der Waals surface area contributed by atoms with Crippen molar-refractivity contribution in [1.82, 2.24) is 0 Å². The lowest BCUT2D eigenvalue weighted by Crippen LogP contribution is -2.59. The Labute approximate surface area is 232 Å². The summed E-state index contributed by atoms with van der Waals surface area (Å²) in [6, 6.07) is 8.73. The fourth-order valence-electron chi connectivity index (χ4n) is 11.3. The summed E-state index contributed by atoms with van der Waals surface area (Å²) in [5.74, 6) is 4.63. The molecule has 0 N–H and O–H groups in total. The lowest BCUT2D eigenvalue weighted by molar-refractivity contribution is 0.00578. The smallest absolute Gasteiger partial charge is 0.399 e. The molecule has 0 spiro atoms. The Balaban J connectivity index is 1.39. The van der Waals surface area contributed by atoms with Gasteiger partial charge in [0.1, 0.15) is 7.14 Å². The highest BCUT2D eigenvalue weighted by molar-refractivity contribution is 7.75. The van der Waals surface area contributed by atoms with E-state index in [2.05, 4.69) is 65.8 Å². The molecule has 7 aliphatic rings. The van der Waals surface area contributed by atoms with Crippen LogP contribution in [0.3, 0.4) is 0 Å². The quantitative estimate of drug-likeness (QED) is 0.295. The summed E-state index contributed by atoms with van der Waals surface area (Å²) in [6.45, 7) is 13.5. The summed E-state index contributed by atoms with van der Waals surface area (Å²) in [7, 11) is -3.32. The second-order valence-electron chi connectivity index (χ2n) is 16.3. The Morgan fingerprint density at radius 3 is 1.66 bits per heavy atom. The molecule has 3 unspecified atom stereocenters. The lowest BCUT2D eigenvalue weighted by atomic mass is 9.56. The van der Waals surface area contributed by atoms with Gasteiger partial charge >= 0.3 is 7.12 Å². The van der Waals surface area contributed by atoms with Crippen molar-refractivity contribution in [2.75, 3.05) is 0 Å². The van der Waals surface area contributed by atoms with Gasteiger partial charge in [0.2, 0.25) is 0 Å². The van der Waals surface area contributed by atoms with Gasteiger partial charge in [-0.3, -0.25) is 0 Å². The highest BCUT2D eigenvalue weighted by Crippen LogP contribution is 2.79. The number of rotatable bonds is 4. The van der Waals surface area contributed by atoms with E-state index in [0.717, 1.165) is 59.1 Å². The second kappa shape index (κ2) is 8.48. The van der Waals surface area contributed by atoms with Crippen molar-refractivity contribution in [2.24, 2.45) is 35.5 Å². The minimum Gasteiger partial charge on any atom is -0.399 e. The lowest BCUT2D eigenvalue weighted by Gasteiger charge is -2.64. The normalized spacial score (nSPS) is 46.2. The molecule has 1 heterocycles. The van der Waals surface area contributed by atoms with E-state index < -0.39 is 25.5 Å². The largest absolute Gasteiger partial charge is 0.495 e. The maximum atomic E-state index is 16.8. The highest BCUT2D eigenvalue weighted by atomic mass is 31.2. The van der Waals surface area contributed by atoms with Crippen LogP contribution in [-0.4, -0.2) is 28.6 Å². The number of fused-ring (bicyclic) bond motifs is 2. The molecule has 7 fully saturated rings. The summed E-state index contributed by atoms with van der Waals surface area (Å²) >= 11 is 0. The van der Waals surface area contributed by atoms with Gasteiger partial charge in [-0.25, -0.2) is 0 Å². The van der Waals surface area contributed by atoms with Gasteiger partial charge < -0.3 is 13.9 Å². The Morgan fingerprint density at radius 2 is 1.16 bits per heavy atom. The maximum absolute atomic E-state index is 16.8. The fourth-order valence-corrected chi connectivity index (χ4v) is 17.0. The first-order valence-electron chi connectivity index (χ1n) is 15.9. The minimum atomic E-state index is -2.87. The summed E-state index contributed by atoms with van der Waals surface area (Å²) in [6.07, 6.45) is 14.0. The first-order valence-corrected chi connectivity index (χ1v) is 17.6. The van der Waals surface area contributed by atoms with Gasteiger partial charge in [0.25, 0.3) is 0 Å². The van der Waals surface area contributed by atoms with E-state index in [1.54, 1.807) is 0 Å². The molecule has 1 aliphatic heterocycles. The molecular weight excluding hydrogens is 486 g/mol. The molecule has 6 bridgehead atoms. The van der Waals surface area contributed by atoms with Crippen LogP contribution in [0.5, 0.6) is 0 Å². The van der Waals surface area contributed by atoms with Crippen LogP contribution in [-0.2, 0) is 13.9 Å². The van der Waals surface area contributed by atoms with Gasteiger partial charge in [0.15, 0.2) is 0 Å². The average molecular weight is 537 g/mol. The molecule has 1 aromatic carbocycles. The van der Waals surface area contributed by atoms with E-state index in [9.17, 15) is 0 Å². The first kappa shape index (κ1) is 26.3. The fraction of sp³-hybridized carbons (Fsp3) is 0.818. The standard InChI is InChI=1S/C33H50BO3P/c1-22-11-23-13-24(12-22)18-32(6,17-23)38(35,33-19-25-14-26(20-33)16-27(15-25)21-33)29-10-8-7-9-28(29)34-36-30(2,3)31(4,5)37-34/h7-10,22-27H,11-21H2,1-6H3. The average Bonchev–Trinajstić information content (AvgIpc) is 3.03. The third kappa shape index (κ3) is 3.71. The van der Waals surface area contributed by atoms with E-state index in [1.165, 1.54) is 57.8 Å². The van der Waals surface area contributed by atoms with Crippen molar-refractivity contribution in [2.45, 2.75) is 134 Å². The van der Waals surface area contributed by atoms with Crippen molar-refractivity contribution in [3.05, 3.63) is 24.3 Å². The Morgan fingerprint density at radius 1 is 0.711 bits per heavy atom. The summed E-state index contributed by atoms with van der Waals surface area (Å²) in [4.78, 5) is 0. The summed E-state index contributed by atoms with van der Waals surface area (Å²) < 4.78 is 30.2. The van der Waals surface area contributed by atoms with Crippen LogP contribution in [0.15, 0.2) is 24.3 Å². The van der Waals surface area contributed by atoms with Crippen molar-refractivity contribution in [3.8, 4) is 0 Å². The molecule has 6 saturated carbocycles. The molecule has 0 aromatic heterocycles. The third-order valence-electron chi connectivity index (χ3n) is 12.8. The molecule has 3 nitrogen and oxygen atoms in total. The Hall–Kier alpha value is -0.565. The van der Waals surface area contributed by atoms with Crippen LogP contribution >= 0.6 is 7.14 Å². The van der Waals surface area contributed by atoms with Crippen LogP contribution < -0.4 is 10.8 Å². The van der Waals surface area contributed by atoms with Gasteiger partial charge in [-0.2, -0.15) is 0 Å². The zero-order chi connectivity index (χ0) is 26.7. The van der Waals surface area contributed by atoms with Gasteiger partial charge in [0, 0.05) is 15.6 Å². The van der Waals surface area contributed by atoms with Crippen molar-refractivity contribution >= 4 is 25.0 Å². The van der Waals surface area contributed by atoms with E-state index in [0.29, 0.717) is 0 Å². The zero-order valence-corrected chi connectivity index (χ0v) is 25.7. The van der Waals surface area contributed by atoms with Crippen LogP contribution in [0.4, 0.5) is 0 Å². The molecule has 6 aliphatic carbocycles. The van der Waals surface area contributed by atoms with Gasteiger partial charge in [0.05, 0.1) is 11.2 Å². The molecular formula is C33H50BO3P. The van der Waals surface area contributed by atoms with Crippen molar-refractivity contribution in [1.29, 1.82) is 0 Å². The summed E-state index contributed by atoms with van der Waals surface area (Å²) in [5, 5.41) is 0.968. The summed E-state index contributed by atoms with van der Waals surface area (Å²) in [5.41, 5.74) is 0.255. The van der Waals surface area contributed by atoms with Gasteiger partial charge in [-0.15, -0.1) is 0 Å². The predicted octanol–water partition coefficient (Wildman–Crippen LogP) is 7.55. The van der Waals surface area contributed by atoms with Crippen molar-refractivity contribution in [3.63, 3.8) is 0 Å². The second-order valence-corrected chi connectivity index (χ2v) is 20.1. The molecule has 3 atom stereocenters. The molecule has 1 aromatic rings. The molecule has 8 rings (SSSR count). The van der Waals surface area contributed by atoms with Crippen LogP contribution in [0.1, 0.15) is 112 Å². The van der Waals surface area contributed by atoms with Gasteiger partial charge in [-0.1, -0.05) is 38.1 Å². The zero-order valence-electron chi connectivity index (χ0n) is 24.8. The third-order valence-corrected chi connectivity index (χ3v) is 17.7. The van der Waals surface area contributed by atoms with E-state index >= 15 is 4.57 Å². The topological polar surface area (TPSA) is 35.5 Å². The molecule has 5 heteroatoms. The molecule has 208 valence electrons. The number of hydrogen-bond donors (Lipinski definition) is 0. The Kier molecular flexibility index (Phi) is 5.88. The Bertz CT molecular complexity index is 1090. The molecule has 0 radical (unpaired) electrons. The SMILES string of the molecule is CC1CC2CC(C1)CC(C)(P(=O)(c1ccccc1B1OC(C)(C)C(C)(C)O1)C13CC4CC(CC(C4)C1)C3)C2. The van der Waals surface area contributed by atoms with E-state index in [1.807, 2.05) is 0 Å². The molecule has 38 heavy (non-hydrogen) atoms. The van der Waals surface area contributed by atoms with Crippen LogP contribution in [0, 0.1) is 35.5 Å². The number of hydrogen-bond acceptors (Lipinski definition) is 3. The monoisotopic (exact) mass is 536 g/mol. The van der Waals surface area contributed by atoms with Crippen LogP contribution in [0.25, 0.3) is 0 Å². The van der Waals surface area contributed by atoms with Gasteiger partial charge in [-0.05, 0) is 139 Å². The van der Waals surface area contributed by atoms with Crippen LogP contribution in [0.2, 0.25) is 0 Å². The van der Waals surface area contributed by atoms with Crippen molar-refractivity contribution < 1.29 is 13.9 Å². The van der Waals surface area contributed by atoms with E-state index in [4.69, 9.17) is 9.31 Å². The minimum absolute atomic E-state index is 0.0342. The van der Waals surface area contributed by atoms with E-state index in [-0.39, 0.29) is 10.3 Å². The first-order chi connectivity index (χ1) is 17.8. The molecule has 1 saturated heterocycles. The molecule has 0 amide bonds. The number of benzene rings is 1. The maximum Gasteiger partial charge on any atom is 0.495 e.